The molecule has 0 radical (unpaired) electrons. The third-order valence-electron chi connectivity index (χ3n) is 0.754. The number of hydrogen-bond donors (Lipinski definition) is 1. The minimum absolute atomic E-state index is 0.231. The van der Waals surface area contributed by atoms with E-state index in [1.807, 2.05) is 0 Å². The lowest BCUT2D eigenvalue weighted by atomic mass is 10.5. The quantitative estimate of drug-likeness (QED) is 0.517. The van der Waals surface area contributed by atoms with Crippen LogP contribution in [0.2, 0.25) is 0 Å². The zero-order valence-corrected chi connectivity index (χ0v) is 6.67. The normalized spacial score (nSPS) is 12.9. The molecule has 0 fully saturated rings. The van der Waals surface area contributed by atoms with Gasteiger partial charge in [0.05, 0.1) is 6.20 Å². The van der Waals surface area contributed by atoms with Gasteiger partial charge in [-0.25, -0.2) is 9.79 Å². The number of rotatable bonds is 3. The van der Waals surface area contributed by atoms with Crippen LogP contribution in [0.15, 0.2) is 21.9 Å². The van der Waals surface area contributed by atoms with E-state index in [2.05, 4.69) is 16.7 Å². The lowest BCUT2D eigenvalue weighted by Gasteiger charge is -1.88. The molecule has 5 heteroatoms. The summed E-state index contributed by atoms with van der Waals surface area (Å²) >= 11 is 5.33. The first-order valence-electron chi connectivity index (χ1n) is 2.68. The highest BCUT2D eigenvalue weighted by molar-refractivity contribution is 6.64. The maximum Gasteiger partial charge on any atom is 0.356 e. The van der Waals surface area contributed by atoms with Crippen molar-refractivity contribution < 1.29 is 9.90 Å². The van der Waals surface area contributed by atoms with Gasteiger partial charge in [-0.1, -0.05) is 11.6 Å². The molecule has 0 saturated heterocycles. The van der Waals surface area contributed by atoms with E-state index < -0.39 is 5.97 Å². The second-order valence-electron chi connectivity index (χ2n) is 1.60. The Hall–Kier alpha value is -1.16. The zero-order valence-electron chi connectivity index (χ0n) is 5.91. The van der Waals surface area contributed by atoms with Crippen LogP contribution in [-0.4, -0.2) is 23.0 Å². The maximum atomic E-state index is 10.2. The van der Waals surface area contributed by atoms with E-state index in [1.165, 1.54) is 6.92 Å². The molecule has 0 aromatic carbocycles. The van der Waals surface area contributed by atoms with Gasteiger partial charge in [-0.2, -0.15) is 0 Å². The van der Waals surface area contributed by atoms with Crippen molar-refractivity contribution in [1.82, 2.24) is 0 Å². The summed E-state index contributed by atoms with van der Waals surface area (Å²) in [5.74, 6) is -1.18. The maximum absolute atomic E-state index is 10.2. The van der Waals surface area contributed by atoms with Crippen molar-refractivity contribution in [2.24, 2.45) is 9.98 Å². The number of aliphatic imine (C=N–C) groups is 2. The van der Waals surface area contributed by atoms with Crippen LogP contribution in [0.4, 0.5) is 0 Å². The summed E-state index contributed by atoms with van der Waals surface area (Å²) in [5, 5.41) is 8.61. The Kier molecular flexibility index (Phi) is 4.14. The minimum Gasteiger partial charge on any atom is -0.476 e. The molecule has 1 N–H and O–H groups in total. The summed E-state index contributed by atoms with van der Waals surface area (Å²) in [5.41, 5.74) is -0.231. The van der Waals surface area contributed by atoms with Gasteiger partial charge >= 0.3 is 5.97 Å². The van der Waals surface area contributed by atoms with Crippen LogP contribution in [-0.2, 0) is 4.79 Å². The summed E-state index contributed by atoms with van der Waals surface area (Å²) in [7, 11) is 0. The Bertz CT molecular complexity index is 229. The van der Waals surface area contributed by atoms with Crippen molar-refractivity contribution in [3.8, 4) is 0 Å². The Morgan fingerprint density at radius 2 is 2.27 bits per heavy atom. The number of aliphatic carboxylic acids is 1. The molecule has 0 amide bonds. The molecule has 0 spiro atoms. The van der Waals surface area contributed by atoms with Crippen molar-refractivity contribution in [1.29, 1.82) is 0 Å². The number of nitrogens with zero attached hydrogens (tertiary/aromatic N) is 2. The number of carbonyl (C=O) groups is 1. The van der Waals surface area contributed by atoms with Gasteiger partial charge in [0.2, 0.25) is 0 Å². The molecular weight excluding hydrogens is 168 g/mol. The molecule has 0 aliphatic heterocycles. The lowest BCUT2D eigenvalue weighted by molar-refractivity contribution is -0.132. The SMILES string of the molecule is C=N/C(=C\N=C(/C)Cl)C(=O)O. The van der Waals surface area contributed by atoms with Gasteiger partial charge in [0.25, 0.3) is 0 Å². The van der Waals surface area contributed by atoms with Crippen LogP contribution in [0.5, 0.6) is 0 Å². The van der Waals surface area contributed by atoms with Crippen LogP contribution in [0.3, 0.4) is 0 Å². The van der Waals surface area contributed by atoms with Crippen molar-refractivity contribution in [2.45, 2.75) is 6.92 Å². The molecule has 0 aliphatic carbocycles. The average molecular weight is 175 g/mol. The van der Waals surface area contributed by atoms with E-state index in [4.69, 9.17) is 16.7 Å². The molecule has 11 heavy (non-hydrogen) atoms. The molecule has 60 valence electrons. The van der Waals surface area contributed by atoms with E-state index in [1.54, 1.807) is 0 Å². The highest BCUT2D eigenvalue weighted by Gasteiger charge is 2.01. The second-order valence-corrected chi connectivity index (χ2v) is 2.15. The third kappa shape index (κ3) is 4.27. The molecule has 0 aromatic rings. The molecule has 0 bridgehead atoms. The topological polar surface area (TPSA) is 62.0 Å². The van der Waals surface area contributed by atoms with Gasteiger partial charge in [-0.05, 0) is 13.6 Å². The number of hydrogen-bond acceptors (Lipinski definition) is 3. The van der Waals surface area contributed by atoms with E-state index in [-0.39, 0.29) is 10.9 Å². The van der Waals surface area contributed by atoms with Gasteiger partial charge in [0.1, 0.15) is 5.17 Å². The molecule has 0 heterocycles. The number of carboxylic acid groups (broad SMARTS) is 1. The first kappa shape index (κ1) is 9.84. The summed E-state index contributed by atoms with van der Waals surface area (Å²) in [6, 6.07) is 0. The van der Waals surface area contributed by atoms with Crippen molar-refractivity contribution in [3.63, 3.8) is 0 Å². The van der Waals surface area contributed by atoms with Crippen LogP contribution in [0, 0.1) is 0 Å². The van der Waals surface area contributed by atoms with Crippen molar-refractivity contribution in [2.75, 3.05) is 0 Å². The lowest BCUT2D eigenvalue weighted by Crippen LogP contribution is -1.96. The summed E-state index contributed by atoms with van der Waals surface area (Å²) in [6.07, 6.45) is 1.04. The Labute approximate surface area is 68.9 Å². The van der Waals surface area contributed by atoms with Crippen LogP contribution >= 0.6 is 11.6 Å². The van der Waals surface area contributed by atoms with Gasteiger partial charge in [0.15, 0.2) is 5.70 Å². The zero-order chi connectivity index (χ0) is 8.85. The van der Waals surface area contributed by atoms with Gasteiger partial charge in [-0.15, -0.1) is 0 Å². The standard InChI is InChI=1S/C6H7ClN2O2/c1-4(7)9-3-5(8-2)6(10)11/h3H,2H2,1H3,(H,10,11)/b5-3-,9-4+. The second kappa shape index (κ2) is 4.62. The summed E-state index contributed by atoms with van der Waals surface area (Å²) in [6.45, 7) is 4.58. The van der Waals surface area contributed by atoms with Gasteiger partial charge in [0, 0.05) is 0 Å². The fourth-order valence-electron chi connectivity index (χ4n) is 0.314. The van der Waals surface area contributed by atoms with E-state index in [9.17, 15) is 4.79 Å². The van der Waals surface area contributed by atoms with Crippen molar-refractivity contribution in [3.05, 3.63) is 11.9 Å². The largest absolute Gasteiger partial charge is 0.476 e. The van der Waals surface area contributed by atoms with Crippen LogP contribution < -0.4 is 0 Å². The molecule has 0 aliphatic rings. The molecule has 0 atom stereocenters. The fourth-order valence-corrected chi connectivity index (χ4v) is 0.363. The Morgan fingerprint density at radius 3 is 2.55 bits per heavy atom. The molecular formula is C6H7ClN2O2. The first-order chi connectivity index (χ1) is 5.07. The van der Waals surface area contributed by atoms with Crippen LogP contribution in [0.1, 0.15) is 6.92 Å². The van der Waals surface area contributed by atoms with Gasteiger partial charge in [-0.3, -0.25) is 4.99 Å². The van der Waals surface area contributed by atoms with Gasteiger partial charge < -0.3 is 5.11 Å². The first-order valence-corrected chi connectivity index (χ1v) is 3.05. The molecule has 0 saturated carbocycles. The third-order valence-corrected chi connectivity index (χ3v) is 0.852. The molecule has 0 rings (SSSR count). The molecule has 0 unspecified atom stereocenters. The van der Waals surface area contributed by atoms with E-state index in [0.29, 0.717) is 0 Å². The molecule has 0 aromatic heterocycles. The average Bonchev–Trinajstić information content (AvgIpc) is 1.87. The predicted molar refractivity (Wildman–Crippen MR) is 44.2 cm³/mol. The minimum atomic E-state index is -1.18. The summed E-state index contributed by atoms with van der Waals surface area (Å²) < 4.78 is 0. The fraction of sp³-hybridized carbons (Fsp3) is 0.167. The van der Waals surface area contributed by atoms with Crippen molar-refractivity contribution >= 4 is 29.5 Å². The highest BCUT2D eigenvalue weighted by Crippen LogP contribution is 1.96. The molecule has 4 nitrogen and oxygen atoms in total. The Balaban J connectivity index is 4.50. The number of halogens is 1. The number of carboxylic acids is 1. The predicted octanol–water partition coefficient (Wildman–Crippen LogP) is 1.27. The monoisotopic (exact) mass is 174 g/mol. The Morgan fingerprint density at radius 1 is 1.73 bits per heavy atom. The summed E-state index contributed by atoms with van der Waals surface area (Å²) in [4.78, 5) is 17.0. The van der Waals surface area contributed by atoms with Crippen LogP contribution in [0.25, 0.3) is 0 Å². The highest BCUT2D eigenvalue weighted by atomic mass is 35.5. The smallest absolute Gasteiger partial charge is 0.356 e. The van der Waals surface area contributed by atoms with E-state index in [0.717, 1.165) is 6.20 Å². The van der Waals surface area contributed by atoms with E-state index >= 15 is 0 Å².